The number of hydrogen-bond donors (Lipinski definition) is 2. The average Bonchev–Trinajstić information content (AvgIpc) is 2.87. The lowest BCUT2D eigenvalue weighted by Crippen LogP contribution is -2.15. The van der Waals surface area contributed by atoms with Crippen molar-refractivity contribution in [2.24, 2.45) is 5.84 Å². The van der Waals surface area contributed by atoms with E-state index in [1.54, 1.807) is 4.68 Å². The van der Waals surface area contributed by atoms with Gasteiger partial charge in [0.05, 0.1) is 5.69 Å². The highest BCUT2D eigenvalue weighted by Crippen LogP contribution is 2.26. The third kappa shape index (κ3) is 2.58. The van der Waals surface area contributed by atoms with Crippen LogP contribution in [0.5, 0.6) is 0 Å². The molecular weight excluding hydrogens is 240 g/mol. The number of nitrogens with one attached hydrogen (secondary N) is 1. The molecule has 0 aromatic carbocycles. The molecule has 6 nitrogen and oxygen atoms in total. The first-order chi connectivity index (χ1) is 9.04. The van der Waals surface area contributed by atoms with Crippen LogP contribution < -0.4 is 11.3 Å². The highest BCUT2D eigenvalue weighted by atomic mass is 15.3. The number of nitrogens with zero attached hydrogens (tertiary/aromatic N) is 4. The molecule has 0 atom stereocenters. The van der Waals surface area contributed by atoms with Crippen molar-refractivity contribution in [2.45, 2.75) is 39.5 Å². The standard InChI is InChI=1S/C13H20N6/c1-8(2)10-5-6-19(18-10)13-11(9(3)4)12(17-14)15-7-16-13/h5-9H,14H2,1-4H3,(H,15,16,17). The molecule has 6 heteroatoms. The van der Waals surface area contributed by atoms with Gasteiger partial charge in [-0.3, -0.25) is 0 Å². The van der Waals surface area contributed by atoms with Crippen molar-refractivity contribution in [3.63, 3.8) is 0 Å². The average molecular weight is 260 g/mol. The van der Waals surface area contributed by atoms with Crippen LogP contribution in [0.3, 0.4) is 0 Å². The molecule has 0 aliphatic rings. The van der Waals surface area contributed by atoms with Gasteiger partial charge in [0.25, 0.3) is 0 Å². The van der Waals surface area contributed by atoms with E-state index in [1.807, 2.05) is 12.3 Å². The van der Waals surface area contributed by atoms with E-state index in [9.17, 15) is 0 Å². The van der Waals surface area contributed by atoms with Gasteiger partial charge in [-0.05, 0) is 17.9 Å². The van der Waals surface area contributed by atoms with E-state index in [0.717, 1.165) is 17.1 Å². The van der Waals surface area contributed by atoms with Crippen LogP contribution in [-0.2, 0) is 0 Å². The van der Waals surface area contributed by atoms with E-state index in [2.05, 4.69) is 48.2 Å². The Balaban J connectivity index is 2.54. The molecule has 0 amide bonds. The van der Waals surface area contributed by atoms with Gasteiger partial charge >= 0.3 is 0 Å². The maximum Gasteiger partial charge on any atom is 0.162 e. The maximum absolute atomic E-state index is 5.52. The second-order valence-corrected chi connectivity index (χ2v) is 5.10. The molecule has 0 saturated carbocycles. The first-order valence-electron chi connectivity index (χ1n) is 6.42. The molecule has 0 aliphatic carbocycles. The van der Waals surface area contributed by atoms with Crippen LogP contribution >= 0.6 is 0 Å². The third-order valence-corrected chi connectivity index (χ3v) is 3.00. The Labute approximate surface area is 113 Å². The summed E-state index contributed by atoms with van der Waals surface area (Å²) in [6, 6.07) is 2.01. The number of anilines is 1. The highest BCUT2D eigenvalue weighted by molar-refractivity contribution is 5.52. The number of nitrogens with two attached hydrogens (primary N) is 1. The lowest BCUT2D eigenvalue weighted by molar-refractivity contribution is 0.734. The monoisotopic (exact) mass is 260 g/mol. The molecule has 2 aromatic rings. The van der Waals surface area contributed by atoms with Crippen molar-refractivity contribution in [1.82, 2.24) is 19.7 Å². The van der Waals surface area contributed by atoms with E-state index in [0.29, 0.717) is 11.7 Å². The molecule has 0 aliphatic heterocycles. The van der Waals surface area contributed by atoms with E-state index in [4.69, 9.17) is 5.84 Å². The summed E-state index contributed by atoms with van der Waals surface area (Å²) in [7, 11) is 0. The van der Waals surface area contributed by atoms with Crippen molar-refractivity contribution in [3.8, 4) is 5.82 Å². The molecule has 19 heavy (non-hydrogen) atoms. The van der Waals surface area contributed by atoms with Crippen LogP contribution in [0.1, 0.15) is 50.8 Å². The van der Waals surface area contributed by atoms with E-state index >= 15 is 0 Å². The smallest absolute Gasteiger partial charge is 0.162 e. The van der Waals surface area contributed by atoms with Crippen LogP contribution in [0.4, 0.5) is 5.82 Å². The van der Waals surface area contributed by atoms with E-state index in [-0.39, 0.29) is 5.92 Å². The zero-order valence-electron chi connectivity index (χ0n) is 11.8. The molecular formula is C13H20N6. The van der Waals surface area contributed by atoms with Gasteiger partial charge in [-0.1, -0.05) is 27.7 Å². The fourth-order valence-electron chi connectivity index (χ4n) is 1.98. The van der Waals surface area contributed by atoms with E-state index < -0.39 is 0 Å². The van der Waals surface area contributed by atoms with Gasteiger partial charge in [-0.25, -0.2) is 20.5 Å². The summed E-state index contributed by atoms with van der Waals surface area (Å²) >= 11 is 0. The Bertz CT molecular complexity index is 558. The second kappa shape index (κ2) is 5.36. The quantitative estimate of drug-likeness (QED) is 0.650. The van der Waals surface area contributed by atoms with Gasteiger partial charge in [0.1, 0.15) is 12.1 Å². The fraction of sp³-hybridized carbons (Fsp3) is 0.462. The van der Waals surface area contributed by atoms with Gasteiger partial charge in [-0.2, -0.15) is 5.10 Å². The summed E-state index contributed by atoms with van der Waals surface area (Å²) in [6.45, 7) is 8.39. The van der Waals surface area contributed by atoms with Crippen molar-refractivity contribution < 1.29 is 0 Å². The molecule has 0 unspecified atom stereocenters. The van der Waals surface area contributed by atoms with Crippen LogP contribution in [-0.4, -0.2) is 19.7 Å². The molecule has 2 heterocycles. The van der Waals surface area contributed by atoms with Gasteiger partial charge in [-0.15, -0.1) is 0 Å². The van der Waals surface area contributed by atoms with Crippen LogP contribution in [0.15, 0.2) is 18.6 Å². The van der Waals surface area contributed by atoms with Gasteiger partial charge in [0.2, 0.25) is 0 Å². The predicted molar refractivity (Wildman–Crippen MR) is 75.1 cm³/mol. The molecule has 0 saturated heterocycles. The van der Waals surface area contributed by atoms with Gasteiger partial charge in [0.15, 0.2) is 5.82 Å². The second-order valence-electron chi connectivity index (χ2n) is 5.10. The third-order valence-electron chi connectivity index (χ3n) is 3.00. The summed E-state index contributed by atoms with van der Waals surface area (Å²) < 4.78 is 1.78. The first-order valence-corrected chi connectivity index (χ1v) is 6.42. The summed E-state index contributed by atoms with van der Waals surface area (Å²) in [5.41, 5.74) is 4.62. The number of rotatable bonds is 4. The Hall–Kier alpha value is -1.95. The lowest BCUT2D eigenvalue weighted by Gasteiger charge is -2.15. The Morgan fingerprint density at radius 3 is 2.42 bits per heavy atom. The zero-order chi connectivity index (χ0) is 14.0. The minimum atomic E-state index is 0.244. The molecule has 2 rings (SSSR count). The van der Waals surface area contributed by atoms with Crippen LogP contribution in [0, 0.1) is 0 Å². The molecule has 0 bridgehead atoms. The van der Waals surface area contributed by atoms with Crippen LogP contribution in [0.25, 0.3) is 5.82 Å². The molecule has 2 aromatic heterocycles. The van der Waals surface area contributed by atoms with Crippen molar-refractivity contribution >= 4 is 5.82 Å². The fourth-order valence-corrected chi connectivity index (χ4v) is 1.98. The summed E-state index contributed by atoms with van der Waals surface area (Å²) in [5.74, 6) is 7.56. The lowest BCUT2D eigenvalue weighted by atomic mass is 10.0. The Morgan fingerprint density at radius 2 is 1.89 bits per heavy atom. The van der Waals surface area contributed by atoms with Gasteiger partial charge in [0, 0.05) is 11.8 Å². The summed E-state index contributed by atoms with van der Waals surface area (Å²) in [5, 5.41) is 4.56. The predicted octanol–water partition coefficient (Wildman–Crippen LogP) is 2.19. The topological polar surface area (TPSA) is 81.7 Å². The minimum absolute atomic E-state index is 0.244. The first kappa shape index (κ1) is 13.5. The zero-order valence-corrected chi connectivity index (χ0v) is 11.8. The Kier molecular flexibility index (Phi) is 3.80. The normalized spacial score (nSPS) is 11.3. The number of nitrogen functional groups attached to an aromatic ring is 1. The minimum Gasteiger partial charge on any atom is -0.308 e. The SMILES string of the molecule is CC(C)c1ccn(-c2ncnc(NN)c2C(C)C)n1. The van der Waals surface area contributed by atoms with Crippen molar-refractivity contribution in [1.29, 1.82) is 0 Å². The number of hydrogen-bond acceptors (Lipinski definition) is 5. The van der Waals surface area contributed by atoms with Gasteiger partial charge < -0.3 is 5.43 Å². The van der Waals surface area contributed by atoms with Crippen LogP contribution in [0.2, 0.25) is 0 Å². The molecule has 0 spiro atoms. The largest absolute Gasteiger partial charge is 0.308 e. The maximum atomic E-state index is 5.52. The number of hydrazine groups is 1. The number of aromatic nitrogens is 4. The molecule has 0 radical (unpaired) electrons. The molecule has 0 fully saturated rings. The van der Waals surface area contributed by atoms with Crippen molar-refractivity contribution in [3.05, 3.63) is 29.8 Å². The molecule has 102 valence electrons. The molecule has 3 N–H and O–H groups in total. The highest BCUT2D eigenvalue weighted by Gasteiger charge is 2.17. The van der Waals surface area contributed by atoms with Crippen molar-refractivity contribution in [2.75, 3.05) is 5.43 Å². The summed E-state index contributed by atoms with van der Waals surface area (Å²) in [6.07, 6.45) is 3.41. The van der Waals surface area contributed by atoms with E-state index in [1.165, 1.54) is 6.33 Å². The Morgan fingerprint density at radius 1 is 1.16 bits per heavy atom. The summed E-state index contributed by atoms with van der Waals surface area (Å²) in [4.78, 5) is 8.50.